The molecule has 2 fully saturated rings. The van der Waals surface area contributed by atoms with E-state index >= 15 is 0 Å². The molecule has 280 valence electrons. The van der Waals surface area contributed by atoms with Crippen LogP contribution >= 0.6 is 0 Å². The van der Waals surface area contributed by atoms with Crippen LogP contribution in [0.25, 0.3) is 11.3 Å². The van der Waals surface area contributed by atoms with Crippen molar-refractivity contribution in [1.29, 1.82) is 0 Å². The van der Waals surface area contributed by atoms with E-state index < -0.39 is 0 Å². The number of aromatic nitrogens is 2. The minimum Gasteiger partial charge on any atom is -0.496 e. The largest absolute Gasteiger partial charge is 0.496 e. The molecular weight excluding hydrogens is 672 g/mol. The van der Waals surface area contributed by atoms with Crippen molar-refractivity contribution in [2.24, 2.45) is 0 Å². The van der Waals surface area contributed by atoms with Crippen LogP contribution in [0.3, 0.4) is 0 Å². The molecule has 13 nitrogen and oxygen atoms in total. The molecule has 3 aromatic rings. The van der Waals surface area contributed by atoms with Crippen LogP contribution in [-0.2, 0) is 20.9 Å². The van der Waals surface area contributed by atoms with Gasteiger partial charge in [-0.05, 0) is 73.4 Å². The minimum atomic E-state index is -0.253. The molecule has 3 amide bonds. The smallest absolute Gasteiger partial charge is 0.246 e. The van der Waals surface area contributed by atoms with Crippen LogP contribution in [0, 0.1) is 0 Å². The van der Waals surface area contributed by atoms with E-state index in [0.29, 0.717) is 56.4 Å². The Hall–Kier alpha value is -5.56. The summed E-state index contributed by atoms with van der Waals surface area (Å²) < 4.78 is 11.5. The Labute approximate surface area is 310 Å². The van der Waals surface area contributed by atoms with E-state index in [4.69, 9.17) is 9.47 Å². The summed E-state index contributed by atoms with van der Waals surface area (Å²) in [6, 6.07) is 12.0. The van der Waals surface area contributed by atoms with Gasteiger partial charge in [-0.1, -0.05) is 25.3 Å². The standard InChI is InChI=1S/C40H50N8O5/c1-25-8-13-34(40(51)44-25)45-30-11-9-27(10-12-30)28-14-17-48(18-15-28)38(50)7-6-16-42-37(49)23-41-21-32-35(52-4)19-29(20-36(32)53-5)33-24-47(3)26(2)39-31(33)22-43-46-39/h9-12,19-20,22,24,28,34,41,45H,1-2,6-8,13-18,21,23H2,3-5H3,(H,42,49)(H,43,46)(H,44,51). The maximum Gasteiger partial charge on any atom is 0.246 e. The summed E-state index contributed by atoms with van der Waals surface area (Å²) in [5, 5.41) is 19.5. The molecule has 4 heterocycles. The maximum absolute atomic E-state index is 12.9. The van der Waals surface area contributed by atoms with Crippen molar-refractivity contribution >= 4 is 34.7 Å². The van der Waals surface area contributed by atoms with Crippen molar-refractivity contribution in [3.63, 3.8) is 0 Å². The SMILES string of the molecule is C=C1CCC(Nc2ccc(C3CCN(C(=O)CCCNC(=O)CNCc4c(OC)cc(C5=CN(C)C(=C)c6[nH]ncc65)cc4OC)CC3)cc2)C(=O)N1. The number of likely N-dealkylation sites (tertiary alicyclic amines) is 1. The summed E-state index contributed by atoms with van der Waals surface area (Å²) >= 11 is 0. The lowest BCUT2D eigenvalue weighted by molar-refractivity contribution is -0.132. The summed E-state index contributed by atoms with van der Waals surface area (Å²) in [5.74, 6) is 1.60. The van der Waals surface area contributed by atoms with Crippen molar-refractivity contribution in [3.05, 3.63) is 95.6 Å². The van der Waals surface area contributed by atoms with Gasteiger partial charge in [0.1, 0.15) is 17.5 Å². The molecule has 5 N–H and O–H groups in total. The fraction of sp³-hybridized carbons (Fsp3) is 0.400. The van der Waals surface area contributed by atoms with Crippen molar-refractivity contribution in [3.8, 4) is 11.5 Å². The van der Waals surface area contributed by atoms with E-state index in [1.165, 1.54) is 5.56 Å². The third-order valence-electron chi connectivity index (χ3n) is 10.3. The second-order valence-corrected chi connectivity index (χ2v) is 13.8. The fourth-order valence-corrected chi connectivity index (χ4v) is 7.19. The molecule has 1 unspecified atom stereocenters. The maximum atomic E-state index is 12.9. The molecule has 2 aromatic carbocycles. The van der Waals surface area contributed by atoms with Crippen LogP contribution in [-0.4, -0.2) is 91.2 Å². The number of piperidine rings is 2. The molecule has 6 rings (SSSR count). The number of hydrogen-bond acceptors (Lipinski definition) is 9. The number of nitrogens with one attached hydrogen (secondary N) is 5. The van der Waals surface area contributed by atoms with Gasteiger partial charge in [0, 0.05) is 73.9 Å². The van der Waals surface area contributed by atoms with Crippen LogP contribution in [0.15, 0.2) is 67.6 Å². The van der Waals surface area contributed by atoms with Crippen LogP contribution in [0.1, 0.15) is 72.4 Å². The van der Waals surface area contributed by atoms with Crippen LogP contribution in [0.2, 0.25) is 0 Å². The molecule has 1 atom stereocenters. The zero-order valence-electron chi connectivity index (χ0n) is 30.8. The van der Waals surface area contributed by atoms with E-state index in [-0.39, 0.29) is 30.3 Å². The number of carbonyl (C=O) groups is 3. The van der Waals surface area contributed by atoms with Crippen LogP contribution < -0.4 is 30.7 Å². The molecule has 53 heavy (non-hydrogen) atoms. The van der Waals surface area contributed by atoms with Crippen LogP contribution in [0.5, 0.6) is 11.5 Å². The summed E-state index contributed by atoms with van der Waals surface area (Å²) in [4.78, 5) is 41.7. The van der Waals surface area contributed by atoms with Crippen molar-refractivity contribution in [2.75, 3.05) is 52.8 Å². The Bertz CT molecular complexity index is 1850. The summed E-state index contributed by atoms with van der Waals surface area (Å²) in [6.45, 7) is 10.3. The first kappa shape index (κ1) is 37.2. The van der Waals surface area contributed by atoms with E-state index in [0.717, 1.165) is 70.7 Å². The van der Waals surface area contributed by atoms with Gasteiger partial charge in [0.2, 0.25) is 17.7 Å². The van der Waals surface area contributed by atoms with E-state index in [1.54, 1.807) is 20.4 Å². The third kappa shape index (κ3) is 8.74. The quantitative estimate of drug-likeness (QED) is 0.153. The van der Waals surface area contributed by atoms with Crippen molar-refractivity contribution < 1.29 is 23.9 Å². The van der Waals surface area contributed by atoms with Gasteiger partial charge in [-0.3, -0.25) is 19.5 Å². The number of anilines is 1. The molecule has 0 radical (unpaired) electrons. The molecule has 13 heteroatoms. The molecule has 0 bridgehead atoms. The van der Waals surface area contributed by atoms with Gasteiger partial charge < -0.3 is 40.5 Å². The lowest BCUT2D eigenvalue weighted by Gasteiger charge is -2.32. The Morgan fingerprint density at radius 3 is 2.43 bits per heavy atom. The van der Waals surface area contributed by atoms with E-state index in [1.807, 2.05) is 47.3 Å². The number of fused-ring (bicyclic) bond motifs is 1. The van der Waals surface area contributed by atoms with Gasteiger partial charge in [0.25, 0.3) is 0 Å². The highest BCUT2D eigenvalue weighted by molar-refractivity contribution is 5.89. The van der Waals surface area contributed by atoms with Gasteiger partial charge in [0.15, 0.2) is 0 Å². The Morgan fingerprint density at radius 2 is 1.75 bits per heavy atom. The van der Waals surface area contributed by atoms with Gasteiger partial charge in [0.05, 0.1) is 38.4 Å². The first-order chi connectivity index (χ1) is 25.6. The average molecular weight is 723 g/mol. The second-order valence-electron chi connectivity index (χ2n) is 13.8. The van der Waals surface area contributed by atoms with Gasteiger partial charge >= 0.3 is 0 Å². The molecule has 3 aliphatic heterocycles. The van der Waals surface area contributed by atoms with Crippen molar-refractivity contribution in [1.82, 2.24) is 35.9 Å². The van der Waals surface area contributed by atoms with E-state index in [9.17, 15) is 14.4 Å². The second kappa shape index (κ2) is 16.8. The highest BCUT2D eigenvalue weighted by atomic mass is 16.5. The zero-order valence-corrected chi connectivity index (χ0v) is 30.8. The first-order valence-electron chi connectivity index (χ1n) is 18.2. The van der Waals surface area contributed by atoms with Crippen molar-refractivity contribution in [2.45, 2.75) is 57.0 Å². The monoisotopic (exact) mass is 722 g/mol. The molecular formula is C40H50N8O5. The number of ether oxygens (including phenoxy) is 2. The lowest BCUT2D eigenvalue weighted by atomic mass is 9.89. The number of allylic oxidation sites excluding steroid dienone is 1. The molecule has 3 aliphatic rings. The first-order valence-corrected chi connectivity index (χ1v) is 18.2. The topological polar surface area (TPSA) is 153 Å². The zero-order chi connectivity index (χ0) is 37.5. The molecule has 0 aliphatic carbocycles. The molecule has 2 saturated heterocycles. The summed E-state index contributed by atoms with van der Waals surface area (Å²) in [7, 11) is 5.16. The number of H-pyrrole nitrogens is 1. The molecule has 0 spiro atoms. The highest BCUT2D eigenvalue weighted by Gasteiger charge is 2.27. The third-order valence-corrected chi connectivity index (χ3v) is 10.3. The Balaban J connectivity index is 0.901. The normalized spacial score (nSPS) is 17.5. The number of benzene rings is 2. The lowest BCUT2D eigenvalue weighted by Crippen LogP contribution is -2.43. The van der Waals surface area contributed by atoms with Gasteiger partial charge in [-0.15, -0.1) is 0 Å². The number of hydrogen-bond donors (Lipinski definition) is 5. The predicted molar refractivity (Wildman–Crippen MR) is 205 cm³/mol. The number of nitrogens with zero attached hydrogens (tertiary/aromatic N) is 3. The van der Waals surface area contributed by atoms with E-state index in [2.05, 4.69) is 56.8 Å². The predicted octanol–water partition coefficient (Wildman–Crippen LogP) is 4.33. The van der Waals surface area contributed by atoms with Crippen LogP contribution in [0.4, 0.5) is 5.69 Å². The summed E-state index contributed by atoms with van der Waals surface area (Å²) in [6.07, 6.45) is 8.08. The number of methoxy groups -OCH3 is 2. The highest BCUT2D eigenvalue weighted by Crippen LogP contribution is 2.39. The fourth-order valence-electron chi connectivity index (χ4n) is 7.19. The molecule has 1 aromatic heterocycles. The number of carbonyl (C=O) groups excluding carboxylic acids is 3. The number of aromatic amines is 1. The average Bonchev–Trinajstić information content (AvgIpc) is 3.67. The molecule has 0 saturated carbocycles. The number of rotatable bonds is 14. The van der Waals surface area contributed by atoms with Gasteiger partial charge in [-0.2, -0.15) is 5.10 Å². The minimum absolute atomic E-state index is 0.0395. The Morgan fingerprint density at radius 1 is 1.04 bits per heavy atom. The van der Waals surface area contributed by atoms with Gasteiger partial charge in [-0.25, -0.2) is 0 Å². The number of amides is 3. The summed E-state index contributed by atoms with van der Waals surface area (Å²) in [5.41, 5.74) is 8.23. The Kier molecular flexibility index (Phi) is 11.8.